The van der Waals surface area contributed by atoms with Crippen molar-refractivity contribution in [3.63, 3.8) is 0 Å². The lowest BCUT2D eigenvalue weighted by Crippen LogP contribution is -2.40. The molecule has 0 spiro atoms. The first-order chi connectivity index (χ1) is 6.89. The molecule has 1 aromatic rings. The van der Waals surface area contributed by atoms with Crippen LogP contribution in [0.5, 0.6) is 0 Å². The summed E-state index contributed by atoms with van der Waals surface area (Å²) in [5.74, 6) is -0.881. The highest BCUT2D eigenvalue weighted by molar-refractivity contribution is 6.30. The van der Waals surface area contributed by atoms with Crippen LogP contribution in [0.1, 0.15) is 18.9 Å². The second-order valence-electron chi connectivity index (χ2n) is 4.03. The third-order valence-corrected chi connectivity index (χ3v) is 2.33. The minimum absolute atomic E-state index is 0.0460. The number of aliphatic carboxylic acids is 1. The van der Waals surface area contributed by atoms with Crippen LogP contribution >= 0.6 is 11.6 Å². The third-order valence-electron chi connectivity index (χ3n) is 2.08. The van der Waals surface area contributed by atoms with Crippen LogP contribution in [0.3, 0.4) is 0 Å². The van der Waals surface area contributed by atoms with E-state index in [4.69, 9.17) is 22.4 Å². The summed E-state index contributed by atoms with van der Waals surface area (Å²) in [5.41, 5.74) is 6.14. The van der Waals surface area contributed by atoms with Gasteiger partial charge in [0.2, 0.25) is 0 Å². The average molecular weight is 228 g/mol. The maximum atomic E-state index is 10.6. The molecule has 15 heavy (non-hydrogen) atoms. The largest absolute Gasteiger partial charge is 0.481 e. The van der Waals surface area contributed by atoms with E-state index >= 15 is 0 Å². The van der Waals surface area contributed by atoms with Crippen molar-refractivity contribution in [3.8, 4) is 0 Å². The zero-order valence-corrected chi connectivity index (χ0v) is 9.29. The Morgan fingerprint density at radius 3 is 2.47 bits per heavy atom. The number of benzene rings is 1. The molecule has 0 radical (unpaired) electrons. The smallest absolute Gasteiger partial charge is 0.305 e. The molecule has 0 saturated heterocycles. The molecule has 1 atom stereocenters. The molecular formula is C11H14ClNO2. The zero-order valence-electron chi connectivity index (χ0n) is 8.53. The highest BCUT2D eigenvalue weighted by atomic mass is 35.5. The van der Waals surface area contributed by atoms with Crippen LogP contribution in [0.4, 0.5) is 0 Å². The highest BCUT2D eigenvalue weighted by Gasteiger charge is 2.22. The van der Waals surface area contributed by atoms with Crippen LogP contribution < -0.4 is 5.73 Å². The molecular weight excluding hydrogens is 214 g/mol. The Morgan fingerprint density at radius 1 is 1.47 bits per heavy atom. The maximum absolute atomic E-state index is 10.6. The Morgan fingerprint density at radius 2 is 2.00 bits per heavy atom. The number of hydrogen-bond acceptors (Lipinski definition) is 2. The standard InChI is InChI=1S/C11H14ClNO2/c1-11(13,7-10(14)15)6-8-2-4-9(12)5-3-8/h2-5H,6-7,13H2,1H3,(H,14,15). The number of rotatable bonds is 4. The van der Waals surface area contributed by atoms with Gasteiger partial charge in [-0.15, -0.1) is 0 Å². The molecule has 82 valence electrons. The molecule has 0 saturated carbocycles. The summed E-state index contributed by atoms with van der Waals surface area (Å²) < 4.78 is 0. The minimum atomic E-state index is -0.881. The third kappa shape index (κ3) is 4.32. The Hall–Kier alpha value is -1.06. The maximum Gasteiger partial charge on any atom is 0.305 e. The van der Waals surface area contributed by atoms with Crippen molar-refractivity contribution < 1.29 is 9.90 Å². The molecule has 0 bridgehead atoms. The van der Waals surface area contributed by atoms with Crippen molar-refractivity contribution in [3.05, 3.63) is 34.9 Å². The summed E-state index contributed by atoms with van der Waals surface area (Å²) in [6.07, 6.45) is 0.478. The molecule has 0 aliphatic heterocycles. The number of carboxylic acid groups (broad SMARTS) is 1. The fraction of sp³-hybridized carbons (Fsp3) is 0.364. The highest BCUT2D eigenvalue weighted by Crippen LogP contribution is 2.16. The summed E-state index contributed by atoms with van der Waals surface area (Å²) in [6, 6.07) is 7.26. The van der Waals surface area contributed by atoms with Gasteiger partial charge < -0.3 is 10.8 Å². The van der Waals surface area contributed by atoms with Crippen LogP contribution in [0, 0.1) is 0 Å². The van der Waals surface area contributed by atoms with Crippen LogP contribution in [0.25, 0.3) is 0 Å². The number of hydrogen-bond donors (Lipinski definition) is 2. The van der Waals surface area contributed by atoms with E-state index < -0.39 is 11.5 Å². The van der Waals surface area contributed by atoms with Gasteiger partial charge >= 0.3 is 5.97 Å². The fourth-order valence-corrected chi connectivity index (χ4v) is 1.60. The van der Waals surface area contributed by atoms with Gasteiger partial charge in [0.1, 0.15) is 0 Å². The molecule has 0 amide bonds. The normalized spacial score (nSPS) is 14.6. The predicted molar refractivity (Wildman–Crippen MR) is 60.0 cm³/mol. The van der Waals surface area contributed by atoms with E-state index in [1.807, 2.05) is 12.1 Å². The molecule has 3 N–H and O–H groups in total. The predicted octanol–water partition coefficient (Wildman–Crippen LogP) is 2.07. The van der Waals surface area contributed by atoms with E-state index in [0.29, 0.717) is 11.4 Å². The van der Waals surface area contributed by atoms with Crippen LogP contribution in [-0.2, 0) is 11.2 Å². The Kier molecular flexibility index (Phi) is 3.72. The van der Waals surface area contributed by atoms with Crippen LogP contribution in [0.2, 0.25) is 5.02 Å². The molecule has 3 nitrogen and oxygen atoms in total. The first-order valence-electron chi connectivity index (χ1n) is 4.64. The van der Waals surface area contributed by atoms with Gasteiger partial charge in [-0.25, -0.2) is 0 Å². The second-order valence-corrected chi connectivity index (χ2v) is 4.46. The SMILES string of the molecule is CC(N)(CC(=O)O)Cc1ccc(Cl)cc1. The molecule has 0 fully saturated rings. The van der Waals surface area contributed by atoms with Crippen LogP contribution in [-0.4, -0.2) is 16.6 Å². The van der Waals surface area contributed by atoms with Crippen molar-refractivity contribution in [2.24, 2.45) is 5.73 Å². The number of halogens is 1. The van der Waals surface area contributed by atoms with E-state index in [1.54, 1.807) is 19.1 Å². The summed E-state index contributed by atoms with van der Waals surface area (Å²) in [5, 5.41) is 9.33. The van der Waals surface area contributed by atoms with E-state index in [0.717, 1.165) is 5.56 Å². The van der Waals surface area contributed by atoms with E-state index in [1.165, 1.54) is 0 Å². The van der Waals surface area contributed by atoms with Gasteiger partial charge in [-0.3, -0.25) is 4.79 Å². The summed E-state index contributed by atoms with van der Waals surface area (Å²) in [7, 11) is 0. The minimum Gasteiger partial charge on any atom is -0.481 e. The molecule has 0 aliphatic rings. The molecule has 0 aromatic heterocycles. The Bertz CT molecular complexity index is 346. The Labute approximate surface area is 93.9 Å². The number of carbonyl (C=O) groups is 1. The summed E-state index contributed by atoms with van der Waals surface area (Å²) in [6.45, 7) is 1.73. The molecule has 0 heterocycles. The van der Waals surface area contributed by atoms with E-state index in [9.17, 15) is 4.79 Å². The first-order valence-corrected chi connectivity index (χ1v) is 5.02. The molecule has 1 unspecified atom stereocenters. The van der Waals surface area contributed by atoms with Gasteiger partial charge in [0.15, 0.2) is 0 Å². The van der Waals surface area contributed by atoms with Gasteiger partial charge in [-0.1, -0.05) is 23.7 Å². The molecule has 1 rings (SSSR count). The Balaban J connectivity index is 2.68. The van der Waals surface area contributed by atoms with Crippen LogP contribution in [0.15, 0.2) is 24.3 Å². The number of carboxylic acids is 1. The number of nitrogens with two attached hydrogens (primary N) is 1. The van der Waals surface area contributed by atoms with E-state index in [-0.39, 0.29) is 6.42 Å². The quantitative estimate of drug-likeness (QED) is 0.828. The lowest BCUT2D eigenvalue weighted by Gasteiger charge is -2.22. The van der Waals surface area contributed by atoms with Gasteiger partial charge in [0.05, 0.1) is 6.42 Å². The topological polar surface area (TPSA) is 63.3 Å². The van der Waals surface area contributed by atoms with Gasteiger partial charge in [-0.2, -0.15) is 0 Å². The molecule has 4 heteroatoms. The lowest BCUT2D eigenvalue weighted by atomic mass is 9.91. The summed E-state index contributed by atoms with van der Waals surface area (Å²) in [4.78, 5) is 10.6. The van der Waals surface area contributed by atoms with Gasteiger partial charge in [-0.05, 0) is 31.0 Å². The molecule has 0 aliphatic carbocycles. The molecule has 1 aromatic carbocycles. The lowest BCUT2D eigenvalue weighted by molar-refractivity contribution is -0.138. The van der Waals surface area contributed by atoms with Crippen molar-refractivity contribution in [2.45, 2.75) is 25.3 Å². The first kappa shape index (κ1) is 12.0. The van der Waals surface area contributed by atoms with Crippen molar-refractivity contribution in [2.75, 3.05) is 0 Å². The van der Waals surface area contributed by atoms with Crippen molar-refractivity contribution in [1.29, 1.82) is 0 Å². The monoisotopic (exact) mass is 227 g/mol. The average Bonchev–Trinajstić information content (AvgIpc) is 2.06. The second kappa shape index (κ2) is 4.64. The fourth-order valence-electron chi connectivity index (χ4n) is 1.48. The van der Waals surface area contributed by atoms with Gasteiger partial charge in [0.25, 0.3) is 0 Å². The van der Waals surface area contributed by atoms with E-state index in [2.05, 4.69) is 0 Å². The zero-order chi connectivity index (χ0) is 11.5. The van der Waals surface area contributed by atoms with Gasteiger partial charge in [0, 0.05) is 10.6 Å². The van der Waals surface area contributed by atoms with Crippen molar-refractivity contribution >= 4 is 17.6 Å². The summed E-state index contributed by atoms with van der Waals surface area (Å²) >= 11 is 5.74. The van der Waals surface area contributed by atoms with Crippen molar-refractivity contribution in [1.82, 2.24) is 0 Å².